The van der Waals surface area contributed by atoms with Crippen LogP contribution in [-0.2, 0) is 6.54 Å². The number of imidazole rings is 1. The third kappa shape index (κ3) is 6.36. The van der Waals surface area contributed by atoms with Gasteiger partial charge in [-0.2, -0.15) is 0 Å². The molecule has 1 atom stereocenters. The van der Waals surface area contributed by atoms with Gasteiger partial charge in [-0.1, -0.05) is 12.1 Å². The number of rotatable bonds is 9. The van der Waals surface area contributed by atoms with Crippen LogP contribution in [0.25, 0.3) is 5.65 Å². The maximum absolute atomic E-state index is 13.4. The van der Waals surface area contributed by atoms with Crippen molar-refractivity contribution in [1.29, 1.82) is 0 Å². The summed E-state index contributed by atoms with van der Waals surface area (Å²) in [7, 11) is 1.66. The highest BCUT2D eigenvalue weighted by Crippen LogP contribution is 2.30. The topological polar surface area (TPSA) is 62.5 Å². The number of benzene rings is 2. The molecule has 2 aliphatic heterocycles. The van der Waals surface area contributed by atoms with E-state index in [0.29, 0.717) is 18.1 Å². The summed E-state index contributed by atoms with van der Waals surface area (Å²) < 4.78 is 27.1. The summed E-state index contributed by atoms with van der Waals surface area (Å²) in [6, 6.07) is 18.8. The largest absolute Gasteiger partial charge is 0.493 e. The van der Waals surface area contributed by atoms with Gasteiger partial charge in [0.2, 0.25) is 0 Å². The lowest BCUT2D eigenvalue weighted by atomic mass is 9.99. The van der Waals surface area contributed by atoms with Crippen LogP contribution in [0, 0.1) is 5.82 Å². The van der Waals surface area contributed by atoms with Gasteiger partial charge in [0.25, 0.3) is 5.91 Å². The highest BCUT2D eigenvalue weighted by molar-refractivity contribution is 5.93. The van der Waals surface area contributed by atoms with Gasteiger partial charge < -0.3 is 23.7 Å². The molecule has 8 nitrogen and oxygen atoms in total. The molecule has 220 valence electrons. The van der Waals surface area contributed by atoms with E-state index in [1.807, 2.05) is 58.1 Å². The Labute approximate surface area is 246 Å². The predicted octanol–water partition coefficient (Wildman–Crippen LogP) is 5.27. The van der Waals surface area contributed by atoms with E-state index >= 15 is 0 Å². The fourth-order valence-corrected chi connectivity index (χ4v) is 6.06. The number of nitrogens with zero attached hydrogens (tertiary/aromatic N) is 5. The molecule has 4 heterocycles. The molecule has 0 aliphatic carbocycles. The van der Waals surface area contributed by atoms with Gasteiger partial charge in [-0.05, 0) is 73.4 Å². The molecule has 4 aromatic rings. The first-order valence-corrected chi connectivity index (χ1v) is 14.8. The van der Waals surface area contributed by atoms with E-state index in [4.69, 9.17) is 9.47 Å². The number of amides is 1. The minimum atomic E-state index is -0.206. The van der Waals surface area contributed by atoms with Crippen LogP contribution in [0.5, 0.6) is 11.5 Å². The number of pyridine rings is 1. The zero-order chi connectivity index (χ0) is 28.9. The standard InChI is InChI=1S/C33H38FN5O3/c1-41-30-13-8-25(23-36-17-19-37(20-18-36)27-11-9-26(34)10-12-27)22-31(30)42-21-14-28-6-2-5-16-39(28)33(40)29-24-38-15-4-3-7-32(38)35-29/h3-4,7-13,15,22,24,28H,2,5-6,14,16-21,23H2,1H3. The first-order valence-electron chi connectivity index (χ1n) is 14.8. The molecule has 6 rings (SSSR count). The fourth-order valence-electron chi connectivity index (χ4n) is 6.06. The number of hydrogen-bond acceptors (Lipinski definition) is 6. The molecular weight excluding hydrogens is 533 g/mol. The molecule has 0 N–H and O–H groups in total. The van der Waals surface area contributed by atoms with Gasteiger partial charge in [0, 0.05) is 69.8 Å². The summed E-state index contributed by atoms with van der Waals surface area (Å²) in [5, 5.41) is 0. The monoisotopic (exact) mass is 571 g/mol. The summed E-state index contributed by atoms with van der Waals surface area (Å²) in [6.45, 7) is 5.71. The van der Waals surface area contributed by atoms with E-state index in [9.17, 15) is 9.18 Å². The van der Waals surface area contributed by atoms with Crippen molar-refractivity contribution in [2.24, 2.45) is 0 Å². The summed E-state index contributed by atoms with van der Waals surface area (Å²) in [5.41, 5.74) is 3.50. The van der Waals surface area contributed by atoms with Crippen LogP contribution in [0.1, 0.15) is 41.7 Å². The summed E-state index contributed by atoms with van der Waals surface area (Å²) in [5.74, 6) is 1.22. The molecule has 0 saturated carbocycles. The zero-order valence-electron chi connectivity index (χ0n) is 24.1. The summed E-state index contributed by atoms with van der Waals surface area (Å²) >= 11 is 0. The number of fused-ring (bicyclic) bond motifs is 1. The molecule has 0 bridgehead atoms. The highest BCUT2D eigenvalue weighted by atomic mass is 19.1. The molecule has 2 aromatic carbocycles. The van der Waals surface area contributed by atoms with Crippen LogP contribution < -0.4 is 14.4 Å². The Kier molecular flexibility index (Phi) is 8.55. The van der Waals surface area contributed by atoms with E-state index in [-0.39, 0.29) is 17.8 Å². The SMILES string of the molecule is COc1ccc(CN2CCN(c3ccc(F)cc3)CC2)cc1OCCC1CCCCN1C(=O)c1cn2ccccc2n1. The van der Waals surface area contributed by atoms with Crippen LogP contribution in [0.4, 0.5) is 10.1 Å². The van der Waals surface area contributed by atoms with Crippen LogP contribution in [0.15, 0.2) is 73.1 Å². The molecule has 1 amide bonds. The number of aromatic nitrogens is 2. The Bertz CT molecular complexity index is 1470. The lowest BCUT2D eigenvalue weighted by molar-refractivity contribution is 0.0574. The van der Waals surface area contributed by atoms with Crippen molar-refractivity contribution in [2.75, 3.05) is 51.3 Å². The van der Waals surface area contributed by atoms with E-state index in [1.54, 1.807) is 7.11 Å². The number of anilines is 1. The normalized spacial score (nSPS) is 17.9. The molecule has 2 aromatic heterocycles. The third-order valence-corrected chi connectivity index (χ3v) is 8.38. The first kappa shape index (κ1) is 28.0. The summed E-state index contributed by atoms with van der Waals surface area (Å²) in [6.07, 6.45) is 7.55. The lowest BCUT2D eigenvalue weighted by Crippen LogP contribution is -2.45. The van der Waals surface area contributed by atoms with Crippen molar-refractivity contribution < 1.29 is 18.7 Å². The van der Waals surface area contributed by atoms with Gasteiger partial charge in [0.15, 0.2) is 11.5 Å². The molecular formula is C33H38FN5O3. The van der Waals surface area contributed by atoms with Gasteiger partial charge in [0.1, 0.15) is 17.2 Å². The number of carbonyl (C=O) groups is 1. The molecule has 0 radical (unpaired) electrons. The van der Waals surface area contributed by atoms with Gasteiger partial charge >= 0.3 is 0 Å². The smallest absolute Gasteiger partial charge is 0.274 e. The number of piperidine rings is 1. The Morgan fingerprint density at radius 1 is 0.976 bits per heavy atom. The van der Waals surface area contributed by atoms with E-state index < -0.39 is 0 Å². The van der Waals surface area contributed by atoms with Gasteiger partial charge in [0.05, 0.1) is 13.7 Å². The van der Waals surface area contributed by atoms with Crippen LogP contribution in [0.2, 0.25) is 0 Å². The van der Waals surface area contributed by atoms with Crippen molar-refractivity contribution in [3.63, 3.8) is 0 Å². The van der Waals surface area contributed by atoms with Crippen molar-refractivity contribution in [3.8, 4) is 11.5 Å². The quantitative estimate of drug-likeness (QED) is 0.273. The van der Waals surface area contributed by atoms with Crippen molar-refractivity contribution in [2.45, 2.75) is 38.3 Å². The molecule has 2 fully saturated rings. The minimum absolute atomic E-state index is 0.0116. The number of likely N-dealkylation sites (tertiary alicyclic amines) is 1. The van der Waals surface area contributed by atoms with Crippen LogP contribution in [0.3, 0.4) is 0 Å². The Balaban J connectivity index is 1.05. The van der Waals surface area contributed by atoms with Crippen molar-refractivity contribution >= 4 is 17.2 Å². The molecule has 2 saturated heterocycles. The average Bonchev–Trinajstić information content (AvgIpc) is 3.47. The molecule has 1 unspecified atom stereocenters. The third-order valence-electron chi connectivity index (χ3n) is 8.38. The zero-order valence-corrected chi connectivity index (χ0v) is 24.1. The fraction of sp³-hybridized carbons (Fsp3) is 0.394. The molecule has 42 heavy (non-hydrogen) atoms. The number of ether oxygens (including phenoxy) is 2. The number of methoxy groups -OCH3 is 1. The van der Waals surface area contributed by atoms with E-state index in [2.05, 4.69) is 26.9 Å². The highest BCUT2D eigenvalue weighted by Gasteiger charge is 2.29. The lowest BCUT2D eigenvalue weighted by Gasteiger charge is -2.36. The second-order valence-electron chi connectivity index (χ2n) is 11.1. The van der Waals surface area contributed by atoms with Crippen LogP contribution in [-0.4, -0.2) is 77.6 Å². The van der Waals surface area contributed by atoms with Gasteiger partial charge in [-0.15, -0.1) is 0 Å². The number of piperazine rings is 1. The maximum atomic E-state index is 13.4. The number of halogens is 1. The van der Waals surface area contributed by atoms with Crippen molar-refractivity contribution in [3.05, 3.63) is 90.1 Å². The average molecular weight is 572 g/mol. The Morgan fingerprint density at radius 2 is 1.81 bits per heavy atom. The molecule has 2 aliphatic rings. The predicted molar refractivity (Wildman–Crippen MR) is 161 cm³/mol. The summed E-state index contributed by atoms with van der Waals surface area (Å²) in [4.78, 5) is 24.7. The van der Waals surface area contributed by atoms with Crippen LogP contribution >= 0.6 is 0 Å². The number of hydrogen-bond donors (Lipinski definition) is 0. The second-order valence-corrected chi connectivity index (χ2v) is 11.1. The molecule has 0 spiro atoms. The van der Waals surface area contributed by atoms with E-state index in [1.165, 1.54) is 17.7 Å². The second kappa shape index (κ2) is 12.8. The Hall–Kier alpha value is -4.11. The van der Waals surface area contributed by atoms with Crippen molar-refractivity contribution in [1.82, 2.24) is 19.2 Å². The molecule has 9 heteroatoms. The Morgan fingerprint density at radius 3 is 2.60 bits per heavy atom. The maximum Gasteiger partial charge on any atom is 0.274 e. The first-order chi connectivity index (χ1) is 20.6. The van der Waals surface area contributed by atoms with E-state index in [0.717, 1.165) is 82.0 Å². The minimum Gasteiger partial charge on any atom is -0.493 e. The van der Waals surface area contributed by atoms with Gasteiger partial charge in [-0.3, -0.25) is 9.69 Å². The van der Waals surface area contributed by atoms with Gasteiger partial charge in [-0.25, -0.2) is 9.37 Å². The number of carbonyl (C=O) groups excluding carboxylic acids is 1.